The van der Waals surface area contributed by atoms with Gasteiger partial charge < -0.3 is 10.1 Å². The van der Waals surface area contributed by atoms with Gasteiger partial charge in [-0.15, -0.1) is 0 Å². The predicted molar refractivity (Wildman–Crippen MR) is 104 cm³/mol. The number of ether oxygens (including phenoxy) is 1. The van der Waals surface area contributed by atoms with Crippen molar-refractivity contribution in [2.75, 3.05) is 11.9 Å². The molecule has 0 fully saturated rings. The molecule has 1 amide bonds. The van der Waals surface area contributed by atoms with Crippen LogP contribution in [0.4, 0.5) is 11.4 Å². The van der Waals surface area contributed by atoms with Crippen molar-refractivity contribution >= 4 is 45.6 Å². The topological polar surface area (TPSA) is 133 Å². The number of aryl methyl sites for hydroxylation is 1. The molecule has 29 heavy (non-hydrogen) atoms. The van der Waals surface area contributed by atoms with Gasteiger partial charge in [0, 0.05) is 23.5 Å². The van der Waals surface area contributed by atoms with Crippen molar-refractivity contribution in [1.29, 1.82) is 0 Å². The molecule has 3 rings (SSSR count). The number of esters is 1. The zero-order valence-electron chi connectivity index (χ0n) is 14.9. The first-order valence-electron chi connectivity index (χ1n) is 8.15. The molecule has 3 aromatic rings. The van der Waals surface area contributed by atoms with Crippen LogP contribution >= 0.6 is 11.6 Å². The van der Waals surface area contributed by atoms with Gasteiger partial charge in [0.15, 0.2) is 12.3 Å². The molecule has 0 radical (unpaired) electrons. The van der Waals surface area contributed by atoms with Gasteiger partial charge in [0.2, 0.25) is 0 Å². The molecule has 0 saturated heterocycles. The van der Waals surface area contributed by atoms with Crippen LogP contribution in [0.2, 0.25) is 5.02 Å². The molecule has 0 bridgehead atoms. The van der Waals surface area contributed by atoms with Crippen LogP contribution in [0.1, 0.15) is 10.5 Å². The Bertz CT molecular complexity index is 1210. The fourth-order valence-corrected chi connectivity index (χ4v) is 2.76. The molecule has 0 aliphatic rings. The first-order chi connectivity index (χ1) is 13.8. The lowest BCUT2D eigenvalue weighted by Gasteiger charge is -2.09. The third kappa shape index (κ3) is 4.22. The van der Waals surface area contributed by atoms with Crippen LogP contribution in [0.3, 0.4) is 0 Å². The Labute approximate surface area is 167 Å². The van der Waals surface area contributed by atoms with Gasteiger partial charge in [0.25, 0.3) is 17.2 Å². The Morgan fingerprint density at radius 2 is 1.93 bits per heavy atom. The second-order valence-corrected chi connectivity index (χ2v) is 6.30. The van der Waals surface area contributed by atoms with Crippen molar-refractivity contribution in [1.82, 2.24) is 9.78 Å². The number of anilines is 1. The van der Waals surface area contributed by atoms with E-state index in [1.165, 1.54) is 25.2 Å². The highest BCUT2D eigenvalue weighted by Gasteiger charge is 2.20. The lowest BCUT2D eigenvalue weighted by Crippen LogP contribution is -2.26. The summed E-state index contributed by atoms with van der Waals surface area (Å²) >= 11 is 5.72. The summed E-state index contributed by atoms with van der Waals surface area (Å²) in [4.78, 5) is 46.9. The Hall–Kier alpha value is -3.79. The summed E-state index contributed by atoms with van der Waals surface area (Å²) in [6.07, 6.45) is 0. The summed E-state index contributed by atoms with van der Waals surface area (Å²) in [5.41, 5.74) is -1.01. The van der Waals surface area contributed by atoms with Crippen molar-refractivity contribution in [2.24, 2.45) is 7.05 Å². The third-order valence-electron chi connectivity index (χ3n) is 3.91. The predicted octanol–water partition coefficient (Wildman–Crippen LogP) is 2.29. The molecule has 1 aromatic heterocycles. The van der Waals surface area contributed by atoms with Crippen LogP contribution in [0.15, 0.2) is 47.3 Å². The largest absolute Gasteiger partial charge is 0.451 e. The molecular formula is C18H13ClN4O6. The number of halogens is 1. The minimum Gasteiger partial charge on any atom is -0.451 e. The number of hydrogen-bond donors (Lipinski definition) is 1. The molecule has 2 aromatic carbocycles. The highest BCUT2D eigenvalue weighted by atomic mass is 35.5. The molecule has 0 unspecified atom stereocenters. The summed E-state index contributed by atoms with van der Waals surface area (Å²) in [7, 11) is 1.39. The Morgan fingerprint density at radius 1 is 1.24 bits per heavy atom. The van der Waals surface area contributed by atoms with Gasteiger partial charge in [-0.25, -0.2) is 9.48 Å². The third-order valence-corrected chi connectivity index (χ3v) is 4.15. The van der Waals surface area contributed by atoms with Crippen LogP contribution in [0.5, 0.6) is 0 Å². The van der Waals surface area contributed by atoms with Crippen LogP contribution in [0, 0.1) is 10.1 Å². The van der Waals surface area contributed by atoms with Crippen LogP contribution in [0.25, 0.3) is 10.8 Å². The summed E-state index contributed by atoms with van der Waals surface area (Å²) < 4.78 is 5.96. The summed E-state index contributed by atoms with van der Waals surface area (Å²) in [6.45, 7) is -0.711. The first-order valence-corrected chi connectivity index (χ1v) is 8.52. The highest BCUT2D eigenvalue weighted by Crippen LogP contribution is 2.27. The zero-order valence-corrected chi connectivity index (χ0v) is 15.7. The lowest BCUT2D eigenvalue weighted by molar-refractivity contribution is -0.383. The average molecular weight is 417 g/mol. The number of amides is 1. The number of fused-ring (bicyclic) bond motifs is 1. The number of benzene rings is 2. The number of carbonyl (C=O) groups is 2. The van der Waals surface area contributed by atoms with Crippen LogP contribution in [-0.4, -0.2) is 33.2 Å². The second kappa shape index (κ2) is 8.07. The van der Waals surface area contributed by atoms with Crippen molar-refractivity contribution in [3.63, 3.8) is 0 Å². The van der Waals surface area contributed by atoms with Crippen LogP contribution in [-0.2, 0) is 16.6 Å². The molecule has 0 saturated carbocycles. The number of nitro groups is 1. The number of nitro benzene ring substituents is 1. The smallest absolute Gasteiger partial charge is 0.359 e. The first kappa shape index (κ1) is 20.0. The van der Waals surface area contributed by atoms with Crippen molar-refractivity contribution < 1.29 is 19.2 Å². The maximum atomic E-state index is 12.4. The molecule has 11 heteroatoms. The number of nitrogens with one attached hydrogen (secondary N) is 1. The number of carbonyl (C=O) groups excluding carboxylic acids is 2. The van der Waals surface area contributed by atoms with Crippen molar-refractivity contribution in [3.8, 4) is 0 Å². The minimum absolute atomic E-state index is 0.0915. The van der Waals surface area contributed by atoms with E-state index in [0.29, 0.717) is 0 Å². The molecule has 1 N–H and O–H groups in total. The Balaban J connectivity index is 1.76. The maximum Gasteiger partial charge on any atom is 0.359 e. The highest BCUT2D eigenvalue weighted by molar-refractivity contribution is 6.31. The van der Waals surface area contributed by atoms with E-state index in [1.807, 2.05) is 0 Å². The molecule has 0 aliphatic heterocycles. The van der Waals surface area contributed by atoms with Gasteiger partial charge in [-0.2, -0.15) is 5.10 Å². The standard InChI is InChI=1S/C18H13ClN4O6/c1-22-17(25)12-5-3-2-4-11(12)16(21-22)18(26)29-9-15(24)20-13-7-6-10(19)8-14(13)23(27)28/h2-8H,9H2,1H3,(H,20,24). The van der Waals surface area contributed by atoms with E-state index in [0.717, 1.165) is 10.7 Å². The normalized spacial score (nSPS) is 10.6. The van der Waals surface area contributed by atoms with Gasteiger partial charge in [0.05, 0.1) is 10.3 Å². The molecule has 148 valence electrons. The Morgan fingerprint density at radius 3 is 2.62 bits per heavy atom. The van der Waals surface area contributed by atoms with E-state index < -0.39 is 29.1 Å². The van der Waals surface area contributed by atoms with E-state index in [-0.39, 0.29) is 32.7 Å². The van der Waals surface area contributed by atoms with Crippen molar-refractivity contribution in [3.05, 3.63) is 73.6 Å². The quantitative estimate of drug-likeness (QED) is 0.383. The van der Waals surface area contributed by atoms with E-state index in [1.54, 1.807) is 18.2 Å². The minimum atomic E-state index is -0.919. The molecule has 10 nitrogen and oxygen atoms in total. The van der Waals surface area contributed by atoms with Crippen LogP contribution < -0.4 is 10.9 Å². The van der Waals surface area contributed by atoms with Gasteiger partial charge in [-0.1, -0.05) is 29.8 Å². The van der Waals surface area contributed by atoms with Gasteiger partial charge in [0.1, 0.15) is 5.69 Å². The molecule has 0 spiro atoms. The fraction of sp³-hybridized carbons (Fsp3) is 0.111. The fourth-order valence-electron chi connectivity index (χ4n) is 2.60. The SMILES string of the molecule is Cn1nc(C(=O)OCC(=O)Nc2ccc(Cl)cc2[N+](=O)[O-])c2ccccc2c1=O. The van der Waals surface area contributed by atoms with E-state index in [9.17, 15) is 24.5 Å². The lowest BCUT2D eigenvalue weighted by atomic mass is 10.1. The molecule has 0 aliphatic carbocycles. The van der Waals surface area contributed by atoms with E-state index in [4.69, 9.17) is 16.3 Å². The number of nitrogens with zero attached hydrogens (tertiary/aromatic N) is 3. The van der Waals surface area contributed by atoms with Crippen molar-refractivity contribution in [2.45, 2.75) is 0 Å². The maximum absolute atomic E-state index is 12.4. The second-order valence-electron chi connectivity index (χ2n) is 5.87. The summed E-state index contributed by atoms with van der Waals surface area (Å²) in [6, 6.07) is 10.1. The summed E-state index contributed by atoms with van der Waals surface area (Å²) in [5, 5.41) is 18.0. The summed E-state index contributed by atoms with van der Waals surface area (Å²) in [5.74, 6) is -1.71. The molecule has 1 heterocycles. The van der Waals surface area contributed by atoms with Gasteiger partial charge in [-0.3, -0.25) is 19.7 Å². The zero-order chi connectivity index (χ0) is 21.1. The monoisotopic (exact) mass is 416 g/mol. The average Bonchev–Trinajstić information content (AvgIpc) is 2.70. The van der Waals surface area contributed by atoms with E-state index in [2.05, 4.69) is 10.4 Å². The number of rotatable bonds is 5. The number of hydrogen-bond acceptors (Lipinski definition) is 7. The number of aromatic nitrogens is 2. The van der Waals surface area contributed by atoms with E-state index >= 15 is 0 Å². The molecule has 0 atom stereocenters. The Kier molecular flexibility index (Phi) is 5.55. The van der Waals surface area contributed by atoms with Gasteiger partial charge in [-0.05, 0) is 18.2 Å². The molecular weight excluding hydrogens is 404 g/mol. The van der Waals surface area contributed by atoms with Gasteiger partial charge >= 0.3 is 5.97 Å².